The summed E-state index contributed by atoms with van der Waals surface area (Å²) in [6.45, 7) is 0.582. The van der Waals surface area contributed by atoms with E-state index in [1.54, 1.807) is 18.2 Å². The molecule has 1 N–H and O–H groups in total. The van der Waals surface area contributed by atoms with Gasteiger partial charge in [-0.1, -0.05) is 35.5 Å². The van der Waals surface area contributed by atoms with Crippen molar-refractivity contribution in [2.45, 2.75) is 17.2 Å². The lowest BCUT2D eigenvalue weighted by Crippen LogP contribution is -1.99. The van der Waals surface area contributed by atoms with Crippen molar-refractivity contribution in [2.24, 2.45) is 0 Å². The van der Waals surface area contributed by atoms with Crippen molar-refractivity contribution in [3.63, 3.8) is 0 Å². The molecule has 1 aromatic carbocycles. The zero-order valence-corrected chi connectivity index (χ0v) is 11.6. The minimum Gasteiger partial charge on any atom is -0.379 e. The summed E-state index contributed by atoms with van der Waals surface area (Å²) in [5.41, 5.74) is 0.715. The van der Waals surface area contributed by atoms with E-state index in [1.165, 1.54) is 11.3 Å². The fraction of sp³-hybridized carbons (Fsp3) is 0.167. The highest BCUT2D eigenvalue weighted by molar-refractivity contribution is 7.99. The Hall–Kier alpha value is -0.780. The number of alkyl halides is 2. The van der Waals surface area contributed by atoms with Gasteiger partial charge in [0.2, 0.25) is 0 Å². The van der Waals surface area contributed by atoms with Crippen LogP contribution >= 0.6 is 34.7 Å². The third-order valence-corrected chi connectivity index (χ3v) is 4.25. The molecule has 0 saturated carbocycles. The second kappa shape index (κ2) is 6.41. The summed E-state index contributed by atoms with van der Waals surface area (Å²) in [6, 6.07) is 8.90. The molecule has 1 aromatic heterocycles. The highest BCUT2D eigenvalue weighted by Crippen LogP contribution is 2.32. The van der Waals surface area contributed by atoms with Gasteiger partial charge in [0.1, 0.15) is 0 Å². The number of para-hydroxylation sites is 1. The van der Waals surface area contributed by atoms with Crippen LogP contribution in [0.2, 0.25) is 5.02 Å². The Morgan fingerprint density at radius 1 is 1.33 bits per heavy atom. The normalized spacial score (nSPS) is 10.9. The first-order valence-corrected chi connectivity index (χ1v) is 7.29. The number of hydrogen-bond donors (Lipinski definition) is 1. The lowest BCUT2D eigenvalue weighted by atomic mass is 10.3. The Morgan fingerprint density at radius 3 is 2.78 bits per heavy atom. The van der Waals surface area contributed by atoms with Gasteiger partial charge >= 0.3 is 0 Å². The van der Waals surface area contributed by atoms with E-state index in [-0.39, 0.29) is 0 Å². The molecular formula is C12H10ClF2NS2. The molecule has 0 aliphatic carbocycles. The van der Waals surface area contributed by atoms with E-state index in [9.17, 15) is 8.78 Å². The third-order valence-electron chi connectivity index (χ3n) is 2.18. The standard InChI is InChI=1S/C12H10ClF2NS2/c13-8-5-9(17-7-8)6-16-10-3-1-2-4-11(10)18-12(14)15/h1-5,7,12,16H,6H2. The van der Waals surface area contributed by atoms with Gasteiger partial charge in [-0.3, -0.25) is 0 Å². The molecule has 0 aliphatic heterocycles. The maximum absolute atomic E-state index is 12.4. The molecule has 0 unspecified atom stereocenters. The molecule has 0 aliphatic rings. The number of nitrogens with one attached hydrogen (secondary N) is 1. The smallest absolute Gasteiger partial charge is 0.288 e. The Labute approximate surface area is 117 Å². The SMILES string of the molecule is FC(F)Sc1ccccc1NCc1cc(Cl)cs1. The highest BCUT2D eigenvalue weighted by atomic mass is 35.5. The lowest BCUT2D eigenvalue weighted by molar-refractivity contribution is 0.252. The fourth-order valence-corrected chi connectivity index (χ4v) is 3.07. The van der Waals surface area contributed by atoms with Crippen molar-refractivity contribution in [3.8, 4) is 0 Å². The highest BCUT2D eigenvalue weighted by Gasteiger charge is 2.09. The van der Waals surface area contributed by atoms with Crippen LogP contribution in [0, 0.1) is 0 Å². The topological polar surface area (TPSA) is 12.0 Å². The van der Waals surface area contributed by atoms with Gasteiger partial charge in [0, 0.05) is 27.4 Å². The van der Waals surface area contributed by atoms with E-state index in [2.05, 4.69) is 5.32 Å². The second-order valence-corrected chi connectivity index (χ2v) is 5.92. The number of thioether (sulfide) groups is 1. The molecule has 0 atom stereocenters. The summed E-state index contributed by atoms with van der Waals surface area (Å²) < 4.78 is 24.8. The summed E-state index contributed by atoms with van der Waals surface area (Å²) in [7, 11) is 0. The maximum Gasteiger partial charge on any atom is 0.288 e. The average molecular weight is 306 g/mol. The van der Waals surface area contributed by atoms with Gasteiger partial charge in [0.25, 0.3) is 5.76 Å². The van der Waals surface area contributed by atoms with Gasteiger partial charge in [-0.2, -0.15) is 8.78 Å². The van der Waals surface area contributed by atoms with E-state index >= 15 is 0 Å². The lowest BCUT2D eigenvalue weighted by Gasteiger charge is -2.10. The van der Waals surface area contributed by atoms with Crippen molar-refractivity contribution in [1.29, 1.82) is 0 Å². The molecule has 0 radical (unpaired) electrons. The average Bonchev–Trinajstić information content (AvgIpc) is 2.73. The third kappa shape index (κ3) is 3.86. The van der Waals surface area contributed by atoms with E-state index < -0.39 is 5.76 Å². The van der Waals surface area contributed by atoms with E-state index in [4.69, 9.17) is 11.6 Å². The summed E-state index contributed by atoms with van der Waals surface area (Å²) in [5.74, 6) is -2.41. The molecule has 0 amide bonds. The molecule has 6 heteroatoms. The molecule has 0 bridgehead atoms. The number of hydrogen-bond acceptors (Lipinski definition) is 3. The van der Waals surface area contributed by atoms with Gasteiger partial charge in [-0.05, 0) is 18.2 Å². The van der Waals surface area contributed by atoms with E-state index in [0.717, 1.165) is 4.88 Å². The Balaban J connectivity index is 2.04. The first kappa shape index (κ1) is 13.6. The van der Waals surface area contributed by atoms with Gasteiger partial charge in [0.05, 0.1) is 5.02 Å². The Bertz CT molecular complexity index is 516. The molecule has 1 heterocycles. The second-order valence-electron chi connectivity index (χ2n) is 3.46. The van der Waals surface area contributed by atoms with Crippen LogP contribution in [0.5, 0.6) is 0 Å². The number of thiophene rings is 1. The van der Waals surface area contributed by atoms with Crippen LogP contribution < -0.4 is 5.32 Å². The summed E-state index contributed by atoms with van der Waals surface area (Å²) in [4.78, 5) is 1.62. The van der Waals surface area contributed by atoms with Crippen LogP contribution in [-0.2, 0) is 6.54 Å². The molecule has 1 nitrogen and oxygen atoms in total. The Morgan fingerprint density at radius 2 is 2.11 bits per heavy atom. The zero-order chi connectivity index (χ0) is 13.0. The Kier molecular flexibility index (Phi) is 4.86. The molecule has 2 aromatic rings. The van der Waals surface area contributed by atoms with Crippen LogP contribution in [0.25, 0.3) is 0 Å². The number of halogens is 3. The summed E-state index contributed by atoms with van der Waals surface area (Å²) >= 11 is 7.91. The first-order valence-electron chi connectivity index (χ1n) is 5.16. The van der Waals surface area contributed by atoms with Crippen LogP contribution in [0.3, 0.4) is 0 Å². The molecule has 18 heavy (non-hydrogen) atoms. The van der Waals surface area contributed by atoms with Gasteiger partial charge in [-0.15, -0.1) is 11.3 Å². The minimum atomic E-state index is -2.41. The number of anilines is 1. The van der Waals surface area contributed by atoms with Crippen LogP contribution in [0.4, 0.5) is 14.5 Å². The van der Waals surface area contributed by atoms with Crippen molar-refractivity contribution in [2.75, 3.05) is 5.32 Å². The van der Waals surface area contributed by atoms with Crippen molar-refractivity contribution in [3.05, 3.63) is 45.6 Å². The van der Waals surface area contributed by atoms with Crippen LogP contribution in [0.1, 0.15) is 4.88 Å². The maximum atomic E-state index is 12.4. The minimum absolute atomic E-state index is 0.547. The van der Waals surface area contributed by atoms with Crippen molar-refractivity contribution >= 4 is 40.4 Å². The predicted octanol–water partition coefficient (Wildman–Crippen LogP) is 5.33. The molecule has 0 spiro atoms. The predicted molar refractivity (Wildman–Crippen MR) is 75.0 cm³/mol. The van der Waals surface area contributed by atoms with E-state index in [0.29, 0.717) is 33.9 Å². The zero-order valence-electron chi connectivity index (χ0n) is 9.20. The van der Waals surface area contributed by atoms with Crippen LogP contribution in [-0.4, -0.2) is 5.76 Å². The van der Waals surface area contributed by atoms with Crippen LogP contribution in [0.15, 0.2) is 40.6 Å². The quantitative estimate of drug-likeness (QED) is 0.749. The summed E-state index contributed by atoms with van der Waals surface area (Å²) in [6.07, 6.45) is 0. The molecule has 96 valence electrons. The molecule has 2 rings (SSSR count). The largest absolute Gasteiger partial charge is 0.379 e. The van der Waals surface area contributed by atoms with Gasteiger partial charge in [-0.25, -0.2) is 0 Å². The fourth-order valence-electron chi connectivity index (χ4n) is 1.44. The van der Waals surface area contributed by atoms with Gasteiger partial charge in [0.15, 0.2) is 0 Å². The first-order chi connectivity index (χ1) is 8.65. The van der Waals surface area contributed by atoms with Crippen molar-refractivity contribution < 1.29 is 8.78 Å². The molecule has 0 saturated heterocycles. The number of benzene rings is 1. The van der Waals surface area contributed by atoms with Gasteiger partial charge < -0.3 is 5.32 Å². The van der Waals surface area contributed by atoms with E-state index in [1.807, 2.05) is 17.5 Å². The molecule has 0 fully saturated rings. The monoisotopic (exact) mass is 305 g/mol. The summed E-state index contributed by atoms with van der Waals surface area (Å²) in [5, 5.41) is 5.69. The number of rotatable bonds is 5. The van der Waals surface area contributed by atoms with Crippen molar-refractivity contribution in [1.82, 2.24) is 0 Å². The molecular weight excluding hydrogens is 296 g/mol.